The van der Waals surface area contributed by atoms with Crippen LogP contribution in [-0.4, -0.2) is 76.8 Å². The average molecular weight is 517 g/mol. The lowest BCUT2D eigenvalue weighted by molar-refractivity contribution is -0.662. The summed E-state index contributed by atoms with van der Waals surface area (Å²) in [7, 11) is 1.25. The highest BCUT2D eigenvalue weighted by molar-refractivity contribution is 8.00. The third kappa shape index (κ3) is 3.95. The van der Waals surface area contributed by atoms with E-state index >= 15 is 0 Å². The van der Waals surface area contributed by atoms with E-state index in [2.05, 4.69) is 24.9 Å². The van der Waals surface area contributed by atoms with E-state index in [-0.39, 0.29) is 28.9 Å². The summed E-state index contributed by atoms with van der Waals surface area (Å²) in [4.78, 5) is 47.8. The molecule has 5 heterocycles. The Kier molecular flexibility index (Phi) is 5.81. The number of thioether (sulfide) groups is 1. The van der Waals surface area contributed by atoms with E-state index in [9.17, 15) is 19.5 Å². The van der Waals surface area contributed by atoms with Gasteiger partial charge in [0.05, 0.1) is 6.20 Å². The van der Waals surface area contributed by atoms with Crippen molar-refractivity contribution in [2.24, 2.45) is 5.16 Å². The Balaban J connectivity index is 1.37. The number of carboxylic acid groups (broad SMARTS) is 1. The number of carbonyl (C=O) groups excluding carboxylic acids is 2. The number of nitrogen functional groups attached to an aromatic ring is 1. The number of nitrogens with one attached hydrogen (secondary N) is 1. The minimum absolute atomic E-state index is 0.0357. The van der Waals surface area contributed by atoms with Crippen molar-refractivity contribution in [2.75, 3.05) is 18.6 Å². The zero-order chi connectivity index (χ0) is 24.7. The molecule has 2 aliphatic rings. The lowest BCUT2D eigenvalue weighted by Crippen LogP contribution is -2.71. The number of imidazole rings is 1. The molecule has 0 unspecified atom stereocenters. The lowest BCUT2D eigenvalue weighted by atomic mass is 10.0. The molecule has 14 nitrogen and oxygen atoms in total. The molecule has 0 aliphatic carbocycles. The molecule has 2 aliphatic heterocycles. The van der Waals surface area contributed by atoms with Gasteiger partial charge in [-0.25, -0.2) is 9.36 Å². The van der Waals surface area contributed by atoms with Crippen molar-refractivity contribution in [2.45, 2.75) is 18.0 Å². The number of oxime groups is 1. The van der Waals surface area contributed by atoms with Crippen LogP contribution in [0.4, 0.5) is 5.13 Å². The zero-order valence-corrected chi connectivity index (χ0v) is 19.7. The Bertz CT molecular complexity index is 1410. The molecule has 0 radical (unpaired) electrons. The fraction of sp³-hybridized carbons (Fsp3) is 0.263. The summed E-state index contributed by atoms with van der Waals surface area (Å²) in [6.45, 7) is 0.270. The van der Waals surface area contributed by atoms with Crippen LogP contribution in [0.5, 0.6) is 0 Å². The number of hydrogen-bond acceptors (Lipinski definition) is 11. The standard InChI is InChI=1S/C19H17N9O5S2/c1-33-24-11(14-23-19(20)35-25-14)15(29)22-12-16(30)28-13(18(31)32)9(8-34-17(12)28)7-26-5-6-27-10(26)3-2-4-21-27/h2-6,12,17H,7-8H2,1H3,(H3-,20,22,23,25,29,31,32)/p+1/b24-11+/t12-,17-/m0/s1. The second-order valence-electron chi connectivity index (χ2n) is 7.45. The van der Waals surface area contributed by atoms with Crippen LogP contribution in [0.3, 0.4) is 0 Å². The topological polar surface area (TPSA) is 181 Å². The van der Waals surface area contributed by atoms with Gasteiger partial charge in [0, 0.05) is 28.9 Å². The van der Waals surface area contributed by atoms with Gasteiger partial charge in [0.1, 0.15) is 37.0 Å². The largest absolute Gasteiger partial charge is 0.477 e. The summed E-state index contributed by atoms with van der Waals surface area (Å²) in [6, 6.07) is 2.69. The van der Waals surface area contributed by atoms with Crippen molar-refractivity contribution in [3.8, 4) is 0 Å². The van der Waals surface area contributed by atoms with E-state index in [4.69, 9.17) is 10.6 Å². The first kappa shape index (κ1) is 22.7. The predicted molar refractivity (Wildman–Crippen MR) is 123 cm³/mol. The maximum atomic E-state index is 13.0. The zero-order valence-electron chi connectivity index (χ0n) is 18.1. The third-order valence-electron chi connectivity index (χ3n) is 5.39. The van der Waals surface area contributed by atoms with E-state index in [1.165, 1.54) is 23.8 Å². The number of fused-ring (bicyclic) bond motifs is 2. The van der Waals surface area contributed by atoms with Gasteiger partial charge in [0.2, 0.25) is 11.5 Å². The number of aliphatic carboxylic acids is 1. The molecule has 0 saturated carbocycles. The number of rotatable bonds is 7. The van der Waals surface area contributed by atoms with Crippen LogP contribution in [0, 0.1) is 0 Å². The third-order valence-corrected chi connectivity index (χ3v) is 7.27. The van der Waals surface area contributed by atoms with E-state index < -0.39 is 29.2 Å². The van der Waals surface area contributed by atoms with Gasteiger partial charge in [0.15, 0.2) is 11.3 Å². The first-order valence-electron chi connectivity index (χ1n) is 10.1. The molecule has 0 aromatic carbocycles. The monoisotopic (exact) mass is 516 g/mol. The highest BCUT2D eigenvalue weighted by Gasteiger charge is 2.54. The van der Waals surface area contributed by atoms with E-state index in [0.29, 0.717) is 11.3 Å². The number of aromatic nitrogens is 5. The van der Waals surface area contributed by atoms with Crippen LogP contribution >= 0.6 is 23.3 Å². The minimum atomic E-state index is -1.21. The lowest BCUT2D eigenvalue weighted by Gasteiger charge is -2.49. The first-order valence-corrected chi connectivity index (χ1v) is 11.9. The first-order chi connectivity index (χ1) is 16.9. The Morgan fingerprint density at radius 2 is 2.29 bits per heavy atom. The Labute approximate surface area is 205 Å². The normalized spacial score (nSPS) is 20.0. The van der Waals surface area contributed by atoms with Crippen molar-refractivity contribution >= 4 is 57.6 Å². The van der Waals surface area contributed by atoms with Crippen LogP contribution < -0.4 is 15.6 Å². The predicted octanol–water partition coefficient (Wildman–Crippen LogP) is -1.16. The van der Waals surface area contributed by atoms with Gasteiger partial charge in [-0.2, -0.15) is 9.36 Å². The van der Waals surface area contributed by atoms with Crippen LogP contribution in [0.1, 0.15) is 5.82 Å². The molecule has 1 fully saturated rings. The SMILES string of the molecule is CO/N=C(/C(=O)N[C@H]1C(=O)N2C(C(=O)O)=C(C[n+]3ccn4ncccc43)CS[C@@H]12)c1nsc(N)n1. The van der Waals surface area contributed by atoms with E-state index in [1.807, 2.05) is 10.6 Å². The summed E-state index contributed by atoms with van der Waals surface area (Å²) >= 11 is 2.24. The summed E-state index contributed by atoms with van der Waals surface area (Å²) in [5, 5.41) is 19.9. The van der Waals surface area contributed by atoms with Gasteiger partial charge in [-0.3, -0.25) is 14.5 Å². The number of nitrogens with two attached hydrogens (primary N) is 1. The highest BCUT2D eigenvalue weighted by atomic mass is 32.2. The van der Waals surface area contributed by atoms with Crippen molar-refractivity contribution in [1.29, 1.82) is 0 Å². The van der Waals surface area contributed by atoms with Gasteiger partial charge in [0.25, 0.3) is 11.8 Å². The molecule has 35 heavy (non-hydrogen) atoms. The minimum Gasteiger partial charge on any atom is -0.477 e. The fourth-order valence-corrected chi connectivity index (χ4v) is 5.67. The van der Waals surface area contributed by atoms with Crippen molar-refractivity contribution in [3.05, 3.63) is 47.8 Å². The average Bonchev–Trinajstić information content (AvgIpc) is 3.46. The molecule has 5 rings (SSSR count). The fourth-order valence-electron chi connectivity index (χ4n) is 3.90. The molecule has 0 spiro atoms. The molecule has 2 atom stereocenters. The number of hydrogen-bond donors (Lipinski definition) is 3. The molecular weight excluding hydrogens is 498 g/mol. The van der Waals surface area contributed by atoms with Crippen LogP contribution in [0.25, 0.3) is 5.65 Å². The molecule has 1 saturated heterocycles. The molecular formula is C19H18N9O5S2+. The number of carbonyl (C=O) groups is 3. The highest BCUT2D eigenvalue weighted by Crippen LogP contribution is 2.40. The molecule has 4 N–H and O–H groups in total. The molecule has 3 aromatic rings. The second-order valence-corrected chi connectivity index (χ2v) is 9.34. The maximum Gasteiger partial charge on any atom is 0.352 e. The number of nitrogens with zero attached hydrogens (tertiary/aromatic N) is 7. The van der Waals surface area contributed by atoms with Crippen molar-refractivity contribution in [3.63, 3.8) is 0 Å². The van der Waals surface area contributed by atoms with Gasteiger partial charge in [-0.05, 0) is 6.07 Å². The maximum absolute atomic E-state index is 13.0. The second kappa shape index (κ2) is 8.95. The summed E-state index contributed by atoms with van der Waals surface area (Å²) in [5.74, 6) is -2.17. The van der Waals surface area contributed by atoms with E-state index in [1.54, 1.807) is 29.2 Å². The van der Waals surface area contributed by atoms with E-state index in [0.717, 1.165) is 17.2 Å². The number of carboxylic acids is 1. The molecule has 2 amide bonds. The Morgan fingerprint density at radius 1 is 1.46 bits per heavy atom. The molecule has 3 aromatic heterocycles. The quantitative estimate of drug-likeness (QED) is 0.150. The molecule has 180 valence electrons. The van der Waals surface area contributed by atoms with Gasteiger partial charge >= 0.3 is 11.6 Å². The summed E-state index contributed by atoms with van der Waals surface area (Å²) in [6.07, 6.45) is 5.21. The molecule has 0 bridgehead atoms. The van der Waals surface area contributed by atoms with Crippen LogP contribution in [-0.2, 0) is 25.8 Å². The molecule has 16 heteroatoms. The summed E-state index contributed by atoms with van der Waals surface area (Å²) < 4.78 is 7.48. The van der Waals surface area contributed by atoms with Gasteiger partial charge in [-0.1, -0.05) is 10.3 Å². The van der Waals surface area contributed by atoms with Crippen molar-refractivity contribution < 1.29 is 28.9 Å². The van der Waals surface area contributed by atoms with Crippen LogP contribution in [0.15, 0.2) is 47.1 Å². The number of amides is 2. The van der Waals surface area contributed by atoms with Gasteiger partial charge < -0.3 is 21.0 Å². The Morgan fingerprint density at radius 3 is 3.00 bits per heavy atom. The van der Waals surface area contributed by atoms with Crippen molar-refractivity contribution in [1.82, 2.24) is 29.2 Å². The van der Waals surface area contributed by atoms with Crippen LogP contribution in [0.2, 0.25) is 0 Å². The summed E-state index contributed by atoms with van der Waals surface area (Å²) in [5.41, 5.74) is 6.60. The van der Waals surface area contributed by atoms with Gasteiger partial charge in [-0.15, -0.1) is 16.3 Å². The number of β-lactam (4-membered cyclic amide) rings is 1. The smallest absolute Gasteiger partial charge is 0.352 e. The Hall–Kier alpha value is -4.05. The number of anilines is 1.